The summed E-state index contributed by atoms with van der Waals surface area (Å²) in [5.41, 5.74) is 6.66. The first kappa shape index (κ1) is 16.5. The van der Waals surface area contributed by atoms with Crippen molar-refractivity contribution in [3.05, 3.63) is 65.0 Å². The molecule has 0 radical (unpaired) electrons. The normalized spacial score (nSPS) is 10.2. The highest BCUT2D eigenvalue weighted by molar-refractivity contribution is 5.94. The van der Waals surface area contributed by atoms with Gasteiger partial charge in [-0.15, -0.1) is 0 Å². The molecule has 5 nitrogen and oxygen atoms in total. The molecule has 3 N–H and O–H groups in total. The van der Waals surface area contributed by atoms with E-state index in [1.807, 2.05) is 0 Å². The summed E-state index contributed by atoms with van der Waals surface area (Å²) in [4.78, 5) is 22.6. The van der Waals surface area contributed by atoms with Crippen LogP contribution in [0.3, 0.4) is 0 Å². The smallest absolute Gasteiger partial charge is 0.255 e. The predicted octanol–water partition coefficient (Wildman–Crippen LogP) is 1.93. The fourth-order valence-corrected chi connectivity index (χ4v) is 1.89. The lowest BCUT2D eigenvalue weighted by Crippen LogP contribution is -2.23. The Hall–Kier alpha value is -2.89. The summed E-state index contributed by atoms with van der Waals surface area (Å²) in [6, 6.07) is 11.1. The molecule has 0 atom stereocenters. The standard InChI is InChI=1S/C17H17FN2O3/c1-11-2-3-12(8-15(11)18)9-20-17(22)13-4-6-14(7-5-13)23-10-16(19)21/h2-8H,9-10H2,1H3,(H2,19,21)(H,20,22). The van der Waals surface area contributed by atoms with Crippen LogP contribution in [0.4, 0.5) is 4.39 Å². The van der Waals surface area contributed by atoms with Crippen LogP contribution >= 0.6 is 0 Å². The molecular weight excluding hydrogens is 299 g/mol. The highest BCUT2D eigenvalue weighted by Gasteiger charge is 2.07. The van der Waals surface area contributed by atoms with Crippen LogP contribution in [0.1, 0.15) is 21.5 Å². The highest BCUT2D eigenvalue weighted by Crippen LogP contribution is 2.13. The van der Waals surface area contributed by atoms with Gasteiger partial charge in [-0.25, -0.2) is 4.39 Å². The number of halogens is 1. The second-order valence-electron chi connectivity index (χ2n) is 5.05. The fraction of sp³-hybridized carbons (Fsp3) is 0.176. The number of benzene rings is 2. The first-order valence-electron chi connectivity index (χ1n) is 7.00. The van der Waals surface area contributed by atoms with Crippen molar-refractivity contribution in [2.75, 3.05) is 6.61 Å². The van der Waals surface area contributed by atoms with Gasteiger partial charge in [0.15, 0.2) is 6.61 Å². The van der Waals surface area contributed by atoms with E-state index in [4.69, 9.17) is 10.5 Å². The van der Waals surface area contributed by atoms with Gasteiger partial charge in [0, 0.05) is 12.1 Å². The minimum Gasteiger partial charge on any atom is -0.484 e. The molecule has 0 aromatic heterocycles. The van der Waals surface area contributed by atoms with Crippen LogP contribution in [0.2, 0.25) is 0 Å². The molecular formula is C17H17FN2O3. The van der Waals surface area contributed by atoms with E-state index in [1.165, 1.54) is 6.07 Å². The first-order chi connectivity index (χ1) is 11.0. The van der Waals surface area contributed by atoms with E-state index in [9.17, 15) is 14.0 Å². The van der Waals surface area contributed by atoms with E-state index in [2.05, 4.69) is 5.32 Å². The van der Waals surface area contributed by atoms with Crippen molar-refractivity contribution in [3.8, 4) is 5.75 Å². The summed E-state index contributed by atoms with van der Waals surface area (Å²) in [5, 5.41) is 2.71. The van der Waals surface area contributed by atoms with E-state index in [1.54, 1.807) is 43.3 Å². The zero-order valence-electron chi connectivity index (χ0n) is 12.6. The Morgan fingerprint density at radius 3 is 2.48 bits per heavy atom. The lowest BCUT2D eigenvalue weighted by atomic mass is 10.1. The molecule has 120 valence electrons. The Bertz CT molecular complexity index is 714. The van der Waals surface area contributed by atoms with Crippen molar-refractivity contribution in [2.45, 2.75) is 13.5 Å². The Morgan fingerprint density at radius 2 is 1.87 bits per heavy atom. The molecule has 0 unspecified atom stereocenters. The predicted molar refractivity (Wildman–Crippen MR) is 83.4 cm³/mol. The van der Waals surface area contributed by atoms with Gasteiger partial charge in [-0.05, 0) is 48.4 Å². The Kier molecular flexibility index (Phi) is 5.30. The van der Waals surface area contributed by atoms with Crippen molar-refractivity contribution >= 4 is 11.8 Å². The third-order valence-electron chi connectivity index (χ3n) is 3.19. The van der Waals surface area contributed by atoms with Gasteiger partial charge in [0.25, 0.3) is 11.8 Å². The number of ether oxygens (including phenoxy) is 1. The first-order valence-corrected chi connectivity index (χ1v) is 7.00. The van der Waals surface area contributed by atoms with E-state index < -0.39 is 5.91 Å². The number of aryl methyl sites for hydroxylation is 1. The zero-order valence-corrected chi connectivity index (χ0v) is 12.6. The Labute approximate surface area is 133 Å². The lowest BCUT2D eigenvalue weighted by Gasteiger charge is -2.08. The topological polar surface area (TPSA) is 81.4 Å². The molecule has 2 amide bonds. The number of nitrogens with one attached hydrogen (secondary N) is 1. The molecule has 2 aromatic carbocycles. The molecule has 0 saturated heterocycles. The minimum absolute atomic E-state index is 0.218. The number of carbonyl (C=O) groups excluding carboxylic acids is 2. The highest BCUT2D eigenvalue weighted by atomic mass is 19.1. The van der Waals surface area contributed by atoms with Crippen molar-refractivity contribution in [1.82, 2.24) is 5.32 Å². The summed E-state index contributed by atoms with van der Waals surface area (Å²) in [6.45, 7) is 1.69. The number of rotatable bonds is 6. The van der Waals surface area contributed by atoms with E-state index in [0.717, 1.165) is 0 Å². The van der Waals surface area contributed by atoms with Crippen LogP contribution in [-0.2, 0) is 11.3 Å². The van der Waals surface area contributed by atoms with E-state index >= 15 is 0 Å². The van der Waals surface area contributed by atoms with Gasteiger partial charge < -0.3 is 15.8 Å². The zero-order chi connectivity index (χ0) is 16.8. The summed E-state index contributed by atoms with van der Waals surface area (Å²) in [7, 11) is 0. The second kappa shape index (κ2) is 7.40. The molecule has 23 heavy (non-hydrogen) atoms. The van der Waals surface area contributed by atoms with Crippen molar-refractivity contribution in [1.29, 1.82) is 0 Å². The molecule has 2 rings (SSSR count). The molecule has 0 spiro atoms. The minimum atomic E-state index is -0.572. The number of hydrogen-bond acceptors (Lipinski definition) is 3. The number of hydrogen-bond donors (Lipinski definition) is 2. The van der Waals surface area contributed by atoms with Crippen LogP contribution in [0.25, 0.3) is 0 Å². The van der Waals surface area contributed by atoms with E-state index in [0.29, 0.717) is 22.4 Å². The second-order valence-corrected chi connectivity index (χ2v) is 5.05. The molecule has 0 aliphatic carbocycles. The maximum absolute atomic E-state index is 13.4. The maximum atomic E-state index is 13.4. The third-order valence-corrected chi connectivity index (χ3v) is 3.19. The summed E-state index contributed by atoms with van der Waals surface area (Å²) >= 11 is 0. The molecule has 0 aliphatic rings. The monoisotopic (exact) mass is 316 g/mol. The van der Waals surface area contributed by atoms with E-state index in [-0.39, 0.29) is 24.9 Å². The SMILES string of the molecule is Cc1ccc(CNC(=O)c2ccc(OCC(N)=O)cc2)cc1F. The Morgan fingerprint density at radius 1 is 1.17 bits per heavy atom. The van der Waals surface area contributed by atoms with Gasteiger partial charge in [0.05, 0.1) is 0 Å². The molecule has 0 fully saturated rings. The molecule has 0 bridgehead atoms. The van der Waals surface area contributed by atoms with Crippen LogP contribution in [0, 0.1) is 12.7 Å². The van der Waals surface area contributed by atoms with Crippen LogP contribution in [-0.4, -0.2) is 18.4 Å². The average Bonchev–Trinajstić information content (AvgIpc) is 2.54. The number of amides is 2. The van der Waals surface area contributed by atoms with Crippen molar-refractivity contribution < 1.29 is 18.7 Å². The Balaban J connectivity index is 1.92. The van der Waals surface area contributed by atoms with Crippen LogP contribution in [0.5, 0.6) is 5.75 Å². The fourth-order valence-electron chi connectivity index (χ4n) is 1.89. The van der Waals surface area contributed by atoms with Gasteiger partial charge in [0.2, 0.25) is 0 Å². The summed E-state index contributed by atoms with van der Waals surface area (Å²) in [5.74, 6) is -0.710. The van der Waals surface area contributed by atoms with Gasteiger partial charge in [-0.2, -0.15) is 0 Å². The number of carbonyl (C=O) groups is 2. The largest absolute Gasteiger partial charge is 0.484 e. The number of nitrogens with two attached hydrogens (primary N) is 1. The molecule has 0 saturated carbocycles. The van der Waals surface area contributed by atoms with Crippen molar-refractivity contribution in [3.63, 3.8) is 0 Å². The molecule has 6 heteroatoms. The quantitative estimate of drug-likeness (QED) is 0.854. The van der Waals surface area contributed by atoms with Crippen molar-refractivity contribution in [2.24, 2.45) is 5.73 Å². The third kappa shape index (κ3) is 4.81. The van der Waals surface area contributed by atoms with Gasteiger partial charge in [-0.3, -0.25) is 9.59 Å². The summed E-state index contributed by atoms with van der Waals surface area (Å²) < 4.78 is 18.5. The average molecular weight is 316 g/mol. The molecule has 2 aromatic rings. The molecule has 0 aliphatic heterocycles. The van der Waals surface area contributed by atoms with Crippen LogP contribution in [0.15, 0.2) is 42.5 Å². The molecule has 0 heterocycles. The lowest BCUT2D eigenvalue weighted by molar-refractivity contribution is -0.119. The van der Waals surface area contributed by atoms with Crippen LogP contribution < -0.4 is 15.8 Å². The van der Waals surface area contributed by atoms with Gasteiger partial charge in [0.1, 0.15) is 11.6 Å². The summed E-state index contributed by atoms with van der Waals surface area (Å²) in [6.07, 6.45) is 0. The van der Waals surface area contributed by atoms with Gasteiger partial charge >= 0.3 is 0 Å². The maximum Gasteiger partial charge on any atom is 0.255 e. The van der Waals surface area contributed by atoms with Gasteiger partial charge in [-0.1, -0.05) is 12.1 Å². The number of primary amides is 1.